The molecule has 9 heteroatoms. The van der Waals surface area contributed by atoms with Crippen LogP contribution in [0.25, 0.3) is 0 Å². The van der Waals surface area contributed by atoms with Crippen molar-refractivity contribution in [3.05, 3.63) is 130 Å². The maximum atomic E-state index is 14.4. The standard InChI is InChI=1S/C35H38ClN3O4S/c1-4-22-37-35(41)33(23-28-10-6-5-7-11-28)38(24-29-18-14-26(2)15-19-29)34(40)25-39(32-13-9-8-12-31(32)36)44(42,43)30-20-16-27(3)17-21-30/h5-21,33H,4,22-25H2,1-3H3,(H,37,41). The fraction of sp³-hybridized carbons (Fsp3) is 0.257. The van der Waals surface area contributed by atoms with Gasteiger partial charge in [0.25, 0.3) is 10.0 Å². The quantitative estimate of drug-likeness (QED) is 0.187. The van der Waals surface area contributed by atoms with Crippen LogP contribution in [0.5, 0.6) is 0 Å². The normalized spacial score (nSPS) is 11.9. The Hall–Kier alpha value is -4.14. The summed E-state index contributed by atoms with van der Waals surface area (Å²) >= 11 is 6.53. The van der Waals surface area contributed by atoms with Crippen molar-refractivity contribution < 1.29 is 18.0 Å². The van der Waals surface area contributed by atoms with Gasteiger partial charge >= 0.3 is 0 Å². The second-order valence-corrected chi connectivity index (χ2v) is 13.0. The fourth-order valence-corrected chi connectivity index (χ4v) is 6.54. The van der Waals surface area contributed by atoms with Gasteiger partial charge in [-0.05, 0) is 55.7 Å². The second kappa shape index (κ2) is 15.0. The van der Waals surface area contributed by atoms with Gasteiger partial charge in [0.05, 0.1) is 15.6 Å². The SMILES string of the molecule is CCCNC(=O)C(Cc1ccccc1)N(Cc1ccc(C)cc1)C(=O)CN(c1ccccc1Cl)S(=O)(=O)c1ccc(C)cc1. The summed E-state index contributed by atoms with van der Waals surface area (Å²) in [5.74, 6) is -0.837. The highest BCUT2D eigenvalue weighted by molar-refractivity contribution is 7.92. The number of nitrogens with zero attached hydrogens (tertiary/aromatic N) is 2. The molecule has 0 spiro atoms. The van der Waals surface area contributed by atoms with Gasteiger partial charge in [0, 0.05) is 19.5 Å². The molecule has 230 valence electrons. The zero-order valence-corrected chi connectivity index (χ0v) is 26.8. The van der Waals surface area contributed by atoms with Crippen LogP contribution in [0.15, 0.2) is 108 Å². The largest absolute Gasteiger partial charge is 0.354 e. The highest BCUT2D eigenvalue weighted by Crippen LogP contribution is 2.31. The first-order valence-corrected chi connectivity index (χ1v) is 16.4. The first-order chi connectivity index (χ1) is 21.1. The van der Waals surface area contributed by atoms with E-state index in [1.807, 2.05) is 75.4 Å². The smallest absolute Gasteiger partial charge is 0.264 e. The molecule has 0 radical (unpaired) electrons. The number of rotatable bonds is 13. The van der Waals surface area contributed by atoms with Crippen molar-refractivity contribution in [1.29, 1.82) is 0 Å². The average molecular weight is 632 g/mol. The summed E-state index contributed by atoms with van der Waals surface area (Å²) < 4.78 is 29.2. The van der Waals surface area contributed by atoms with E-state index in [1.54, 1.807) is 36.4 Å². The van der Waals surface area contributed by atoms with E-state index < -0.39 is 28.5 Å². The third-order valence-corrected chi connectivity index (χ3v) is 9.40. The van der Waals surface area contributed by atoms with E-state index in [0.29, 0.717) is 6.54 Å². The van der Waals surface area contributed by atoms with Crippen molar-refractivity contribution >= 4 is 39.1 Å². The van der Waals surface area contributed by atoms with E-state index in [1.165, 1.54) is 17.0 Å². The van der Waals surface area contributed by atoms with Crippen LogP contribution in [-0.4, -0.2) is 44.3 Å². The first kappa shape index (κ1) is 32.8. The third kappa shape index (κ3) is 8.27. The van der Waals surface area contributed by atoms with Crippen LogP contribution in [0.1, 0.15) is 35.6 Å². The van der Waals surface area contributed by atoms with Gasteiger partial charge in [-0.15, -0.1) is 0 Å². The fourth-order valence-electron chi connectivity index (χ4n) is 4.81. The molecule has 4 aromatic carbocycles. The molecule has 0 saturated heterocycles. The van der Waals surface area contributed by atoms with Gasteiger partial charge in [-0.1, -0.05) is 109 Å². The Morgan fingerprint density at radius 3 is 2.00 bits per heavy atom. The molecular weight excluding hydrogens is 594 g/mol. The highest BCUT2D eigenvalue weighted by atomic mass is 35.5. The molecule has 4 aromatic rings. The van der Waals surface area contributed by atoms with Crippen LogP contribution >= 0.6 is 11.6 Å². The molecule has 0 saturated carbocycles. The number of carbonyl (C=O) groups is 2. The van der Waals surface area contributed by atoms with Crippen molar-refractivity contribution in [2.75, 3.05) is 17.4 Å². The molecule has 0 fully saturated rings. The lowest BCUT2D eigenvalue weighted by Gasteiger charge is -2.34. The number of aryl methyl sites for hydroxylation is 2. The number of hydrogen-bond donors (Lipinski definition) is 1. The molecule has 44 heavy (non-hydrogen) atoms. The lowest BCUT2D eigenvalue weighted by atomic mass is 10.0. The number of hydrogen-bond acceptors (Lipinski definition) is 4. The maximum Gasteiger partial charge on any atom is 0.264 e. The molecule has 4 rings (SSSR count). The van der Waals surface area contributed by atoms with Crippen molar-refractivity contribution in [2.45, 2.75) is 51.1 Å². The lowest BCUT2D eigenvalue weighted by Crippen LogP contribution is -2.53. The van der Waals surface area contributed by atoms with Crippen LogP contribution in [0.3, 0.4) is 0 Å². The van der Waals surface area contributed by atoms with Gasteiger partial charge in [0.15, 0.2) is 0 Å². The van der Waals surface area contributed by atoms with E-state index in [0.717, 1.165) is 33.0 Å². The van der Waals surface area contributed by atoms with E-state index in [-0.39, 0.29) is 34.5 Å². The minimum absolute atomic E-state index is 0.0300. The summed E-state index contributed by atoms with van der Waals surface area (Å²) in [4.78, 5) is 29.7. The number of carbonyl (C=O) groups excluding carboxylic acids is 2. The zero-order valence-electron chi connectivity index (χ0n) is 25.2. The highest BCUT2D eigenvalue weighted by Gasteiger charge is 2.35. The summed E-state index contributed by atoms with van der Waals surface area (Å²) in [5, 5.41) is 3.14. The number of nitrogens with one attached hydrogen (secondary N) is 1. The number of para-hydroxylation sites is 1. The average Bonchev–Trinajstić information content (AvgIpc) is 3.02. The van der Waals surface area contributed by atoms with E-state index >= 15 is 0 Å². The number of sulfonamides is 1. The summed E-state index contributed by atoms with van der Waals surface area (Å²) in [7, 11) is -4.22. The van der Waals surface area contributed by atoms with Crippen molar-refractivity contribution in [3.8, 4) is 0 Å². The molecule has 0 aliphatic rings. The Kier molecular flexibility index (Phi) is 11.2. The predicted molar refractivity (Wildman–Crippen MR) is 176 cm³/mol. The summed E-state index contributed by atoms with van der Waals surface area (Å²) in [5.41, 5.74) is 3.82. The number of amides is 2. The summed E-state index contributed by atoms with van der Waals surface area (Å²) in [6, 6.07) is 29.3. The Morgan fingerprint density at radius 2 is 1.39 bits per heavy atom. The zero-order chi connectivity index (χ0) is 31.7. The summed E-state index contributed by atoms with van der Waals surface area (Å²) in [6.07, 6.45) is 0.982. The van der Waals surface area contributed by atoms with E-state index in [2.05, 4.69) is 5.32 Å². The number of anilines is 1. The second-order valence-electron chi connectivity index (χ2n) is 10.8. The topological polar surface area (TPSA) is 86.8 Å². The van der Waals surface area contributed by atoms with Gasteiger partial charge in [-0.3, -0.25) is 13.9 Å². The minimum atomic E-state index is -4.22. The lowest BCUT2D eigenvalue weighted by molar-refractivity contribution is -0.140. The predicted octanol–water partition coefficient (Wildman–Crippen LogP) is 6.32. The maximum absolute atomic E-state index is 14.4. The van der Waals surface area contributed by atoms with Crippen LogP contribution < -0.4 is 9.62 Å². The molecule has 0 bridgehead atoms. The Bertz CT molecular complexity index is 1660. The van der Waals surface area contributed by atoms with Gasteiger partial charge in [0.1, 0.15) is 12.6 Å². The Balaban J connectivity index is 1.80. The Morgan fingerprint density at radius 1 is 0.795 bits per heavy atom. The number of halogens is 1. The van der Waals surface area contributed by atoms with Crippen LogP contribution in [0.4, 0.5) is 5.69 Å². The van der Waals surface area contributed by atoms with Crippen LogP contribution in [0, 0.1) is 13.8 Å². The van der Waals surface area contributed by atoms with Crippen LogP contribution in [0.2, 0.25) is 5.02 Å². The summed E-state index contributed by atoms with van der Waals surface area (Å²) in [6.45, 7) is 5.80. The van der Waals surface area contributed by atoms with E-state index in [9.17, 15) is 18.0 Å². The molecule has 1 atom stereocenters. The molecular formula is C35H38ClN3O4S. The van der Waals surface area contributed by atoms with Crippen molar-refractivity contribution in [2.24, 2.45) is 0 Å². The molecule has 1 N–H and O–H groups in total. The third-order valence-electron chi connectivity index (χ3n) is 7.30. The van der Waals surface area contributed by atoms with E-state index in [4.69, 9.17) is 11.6 Å². The van der Waals surface area contributed by atoms with Gasteiger partial charge in [-0.2, -0.15) is 0 Å². The molecule has 0 heterocycles. The van der Waals surface area contributed by atoms with Crippen molar-refractivity contribution in [1.82, 2.24) is 10.2 Å². The Labute approximate surface area is 265 Å². The molecule has 0 aromatic heterocycles. The van der Waals surface area contributed by atoms with Crippen LogP contribution in [-0.2, 0) is 32.6 Å². The van der Waals surface area contributed by atoms with Gasteiger partial charge in [0.2, 0.25) is 11.8 Å². The van der Waals surface area contributed by atoms with Gasteiger partial charge in [-0.25, -0.2) is 8.42 Å². The molecule has 1 unspecified atom stereocenters. The number of benzene rings is 4. The van der Waals surface area contributed by atoms with Gasteiger partial charge < -0.3 is 10.2 Å². The van der Waals surface area contributed by atoms with Crippen molar-refractivity contribution in [3.63, 3.8) is 0 Å². The molecule has 0 aliphatic carbocycles. The molecule has 7 nitrogen and oxygen atoms in total. The molecule has 2 amide bonds. The first-order valence-electron chi connectivity index (χ1n) is 14.6. The minimum Gasteiger partial charge on any atom is -0.354 e. The monoisotopic (exact) mass is 631 g/mol. The molecule has 0 aliphatic heterocycles.